The third-order valence-corrected chi connectivity index (χ3v) is 6.05. The molecule has 1 aromatic carbocycles. The van der Waals surface area contributed by atoms with Crippen LogP contribution in [0.3, 0.4) is 0 Å². The SMILES string of the molecule is CCc1c(C(=O)NCC2(c3ccc(OC)cc3)CCOCC2)cnn1-c1ccccn1. The summed E-state index contributed by atoms with van der Waals surface area (Å²) in [5.41, 5.74) is 2.47. The van der Waals surface area contributed by atoms with E-state index in [4.69, 9.17) is 9.47 Å². The number of rotatable bonds is 7. The van der Waals surface area contributed by atoms with Gasteiger partial charge in [0.1, 0.15) is 5.75 Å². The van der Waals surface area contributed by atoms with Gasteiger partial charge in [-0.2, -0.15) is 5.10 Å². The monoisotopic (exact) mass is 420 g/mol. The van der Waals surface area contributed by atoms with Crippen LogP contribution in [0.25, 0.3) is 5.82 Å². The minimum absolute atomic E-state index is 0.113. The lowest BCUT2D eigenvalue weighted by Crippen LogP contribution is -2.44. The fourth-order valence-electron chi connectivity index (χ4n) is 4.20. The van der Waals surface area contributed by atoms with Gasteiger partial charge in [0.05, 0.1) is 24.6 Å². The Hall–Kier alpha value is -3.19. The Morgan fingerprint density at radius 1 is 1.19 bits per heavy atom. The highest BCUT2D eigenvalue weighted by Gasteiger charge is 2.35. The third kappa shape index (κ3) is 4.32. The van der Waals surface area contributed by atoms with Gasteiger partial charge in [0.2, 0.25) is 0 Å². The van der Waals surface area contributed by atoms with Gasteiger partial charge in [0.25, 0.3) is 5.91 Å². The molecule has 2 aromatic heterocycles. The van der Waals surface area contributed by atoms with Crippen LogP contribution in [0, 0.1) is 0 Å². The van der Waals surface area contributed by atoms with E-state index in [-0.39, 0.29) is 11.3 Å². The Labute approximate surface area is 182 Å². The molecule has 0 aliphatic carbocycles. The van der Waals surface area contributed by atoms with Crippen LogP contribution in [0.5, 0.6) is 5.75 Å². The molecule has 0 atom stereocenters. The normalized spacial score (nSPS) is 15.4. The minimum Gasteiger partial charge on any atom is -0.497 e. The second-order valence-corrected chi connectivity index (χ2v) is 7.76. The summed E-state index contributed by atoms with van der Waals surface area (Å²) < 4.78 is 12.7. The maximum absolute atomic E-state index is 13.1. The molecule has 0 saturated carbocycles. The van der Waals surface area contributed by atoms with Crippen LogP contribution < -0.4 is 10.1 Å². The van der Waals surface area contributed by atoms with Crippen LogP contribution in [0.2, 0.25) is 0 Å². The van der Waals surface area contributed by atoms with E-state index in [9.17, 15) is 4.79 Å². The molecule has 1 N–H and O–H groups in total. The summed E-state index contributed by atoms with van der Waals surface area (Å²) in [5.74, 6) is 1.42. The second kappa shape index (κ2) is 9.31. The van der Waals surface area contributed by atoms with Gasteiger partial charge in [-0.05, 0) is 49.1 Å². The van der Waals surface area contributed by atoms with Crippen molar-refractivity contribution in [1.29, 1.82) is 0 Å². The molecule has 1 aliphatic heterocycles. The first-order valence-electron chi connectivity index (χ1n) is 10.7. The lowest BCUT2D eigenvalue weighted by atomic mass is 9.74. The number of methoxy groups -OCH3 is 1. The largest absolute Gasteiger partial charge is 0.497 e. The molecule has 0 radical (unpaired) electrons. The zero-order valence-corrected chi connectivity index (χ0v) is 18.0. The van der Waals surface area contributed by atoms with Gasteiger partial charge in [-0.25, -0.2) is 9.67 Å². The molecule has 162 valence electrons. The molecular formula is C24H28N4O3. The fraction of sp³-hybridized carbons (Fsp3) is 0.375. The van der Waals surface area contributed by atoms with Gasteiger partial charge in [-0.15, -0.1) is 0 Å². The number of ether oxygens (including phenoxy) is 2. The number of carbonyl (C=O) groups is 1. The van der Waals surface area contributed by atoms with Gasteiger partial charge in [-0.1, -0.05) is 25.1 Å². The summed E-state index contributed by atoms with van der Waals surface area (Å²) in [6.45, 7) is 3.92. The standard InChI is InChI=1S/C24H28N4O3/c1-3-21-20(16-27-28(21)22-6-4-5-13-25-22)23(29)26-17-24(11-14-31-15-12-24)18-7-9-19(30-2)10-8-18/h4-10,13,16H,3,11-12,14-15,17H2,1-2H3,(H,26,29). The van der Waals surface area contributed by atoms with Crippen molar-refractivity contribution in [2.75, 3.05) is 26.9 Å². The maximum atomic E-state index is 13.1. The molecule has 1 saturated heterocycles. The smallest absolute Gasteiger partial charge is 0.254 e. The van der Waals surface area contributed by atoms with Gasteiger partial charge in [0.15, 0.2) is 5.82 Å². The molecule has 31 heavy (non-hydrogen) atoms. The van der Waals surface area contributed by atoms with Gasteiger partial charge in [0, 0.05) is 31.4 Å². The second-order valence-electron chi connectivity index (χ2n) is 7.76. The predicted molar refractivity (Wildman–Crippen MR) is 118 cm³/mol. The van der Waals surface area contributed by atoms with E-state index in [0.29, 0.717) is 37.6 Å². The van der Waals surface area contributed by atoms with Crippen LogP contribution >= 0.6 is 0 Å². The molecule has 0 bridgehead atoms. The van der Waals surface area contributed by atoms with Crippen molar-refractivity contribution in [1.82, 2.24) is 20.1 Å². The molecular weight excluding hydrogens is 392 g/mol. The summed E-state index contributed by atoms with van der Waals surface area (Å²) in [5, 5.41) is 7.60. The number of pyridine rings is 1. The third-order valence-electron chi connectivity index (χ3n) is 6.05. The van der Waals surface area contributed by atoms with Crippen molar-refractivity contribution in [3.8, 4) is 11.6 Å². The molecule has 7 nitrogen and oxygen atoms in total. The molecule has 1 amide bonds. The first-order chi connectivity index (χ1) is 15.2. The number of nitrogens with zero attached hydrogens (tertiary/aromatic N) is 3. The Balaban J connectivity index is 1.55. The first kappa shape index (κ1) is 21.1. The van der Waals surface area contributed by atoms with Crippen molar-refractivity contribution >= 4 is 5.91 Å². The number of carbonyl (C=O) groups excluding carboxylic acids is 1. The molecule has 1 aliphatic rings. The predicted octanol–water partition coefficient (Wildman–Crippen LogP) is 3.32. The topological polar surface area (TPSA) is 78.3 Å². The molecule has 0 spiro atoms. The summed E-state index contributed by atoms with van der Waals surface area (Å²) in [6, 6.07) is 13.8. The van der Waals surface area contributed by atoms with Crippen molar-refractivity contribution in [2.24, 2.45) is 0 Å². The van der Waals surface area contributed by atoms with E-state index in [1.54, 1.807) is 24.2 Å². The lowest BCUT2D eigenvalue weighted by Gasteiger charge is -2.38. The van der Waals surface area contributed by atoms with E-state index >= 15 is 0 Å². The van der Waals surface area contributed by atoms with Crippen LogP contribution in [0.15, 0.2) is 54.9 Å². The summed E-state index contributed by atoms with van der Waals surface area (Å²) >= 11 is 0. The maximum Gasteiger partial charge on any atom is 0.254 e. The van der Waals surface area contributed by atoms with E-state index in [1.807, 2.05) is 37.3 Å². The summed E-state index contributed by atoms with van der Waals surface area (Å²) in [7, 11) is 1.66. The van der Waals surface area contributed by atoms with Crippen LogP contribution in [0.4, 0.5) is 0 Å². The Kier molecular flexibility index (Phi) is 6.32. The number of benzene rings is 1. The van der Waals surface area contributed by atoms with Crippen molar-refractivity contribution in [3.05, 3.63) is 71.7 Å². The fourth-order valence-corrected chi connectivity index (χ4v) is 4.20. The van der Waals surface area contributed by atoms with Crippen LogP contribution in [0.1, 0.15) is 41.4 Å². The van der Waals surface area contributed by atoms with Crippen molar-refractivity contribution in [2.45, 2.75) is 31.6 Å². The number of amides is 1. The molecule has 4 rings (SSSR count). The van der Waals surface area contributed by atoms with Crippen LogP contribution in [-0.2, 0) is 16.6 Å². The average molecular weight is 421 g/mol. The summed E-state index contributed by atoms with van der Waals surface area (Å²) in [4.78, 5) is 17.5. The number of hydrogen-bond donors (Lipinski definition) is 1. The van der Waals surface area contributed by atoms with E-state index < -0.39 is 0 Å². The molecule has 0 unspecified atom stereocenters. The molecule has 7 heteroatoms. The number of nitrogens with one attached hydrogen (secondary N) is 1. The zero-order valence-electron chi connectivity index (χ0n) is 18.0. The molecule has 3 heterocycles. The number of aromatic nitrogens is 3. The molecule has 3 aromatic rings. The first-order valence-corrected chi connectivity index (χ1v) is 10.7. The molecule has 1 fully saturated rings. The average Bonchev–Trinajstić information content (AvgIpc) is 3.28. The Bertz CT molecular complexity index is 1010. The van der Waals surface area contributed by atoms with E-state index in [2.05, 4.69) is 27.5 Å². The van der Waals surface area contributed by atoms with Crippen molar-refractivity contribution < 1.29 is 14.3 Å². The van der Waals surface area contributed by atoms with Gasteiger partial charge < -0.3 is 14.8 Å². The zero-order chi connectivity index (χ0) is 21.7. The Morgan fingerprint density at radius 3 is 2.61 bits per heavy atom. The highest BCUT2D eigenvalue weighted by atomic mass is 16.5. The highest BCUT2D eigenvalue weighted by Crippen LogP contribution is 2.35. The quantitative estimate of drug-likeness (QED) is 0.634. The van der Waals surface area contributed by atoms with Crippen molar-refractivity contribution in [3.63, 3.8) is 0 Å². The minimum atomic E-state index is -0.163. The number of hydrogen-bond acceptors (Lipinski definition) is 5. The van der Waals surface area contributed by atoms with Gasteiger partial charge >= 0.3 is 0 Å². The summed E-state index contributed by atoms with van der Waals surface area (Å²) in [6.07, 6.45) is 5.74. The highest BCUT2D eigenvalue weighted by molar-refractivity contribution is 5.95. The van der Waals surface area contributed by atoms with E-state index in [1.165, 1.54) is 5.56 Å². The van der Waals surface area contributed by atoms with E-state index in [0.717, 1.165) is 24.3 Å². The van der Waals surface area contributed by atoms with Gasteiger partial charge in [-0.3, -0.25) is 4.79 Å². The Morgan fingerprint density at radius 2 is 1.97 bits per heavy atom. The van der Waals surface area contributed by atoms with Crippen LogP contribution in [-0.4, -0.2) is 47.5 Å². The lowest BCUT2D eigenvalue weighted by molar-refractivity contribution is 0.0487.